The summed E-state index contributed by atoms with van der Waals surface area (Å²) in [4.78, 5) is 2.52. The van der Waals surface area contributed by atoms with Crippen molar-refractivity contribution in [3.05, 3.63) is 24.2 Å². The molecular weight excluding hydrogens is 462 g/mol. The second kappa shape index (κ2) is 10.6. The average molecular weight is 514 g/mol. The van der Waals surface area contributed by atoms with Gasteiger partial charge in [-0.05, 0) is 124 Å². The normalized spacial score (nSPS) is 43.9. The maximum Gasteiger partial charge on any atom is 0.0937 e. The molecule has 6 rings (SSSR count). The predicted molar refractivity (Wildman–Crippen MR) is 146 cm³/mol. The van der Waals surface area contributed by atoms with Gasteiger partial charge in [-0.3, -0.25) is 0 Å². The lowest BCUT2D eigenvalue weighted by Crippen LogP contribution is -2.62. The van der Waals surface area contributed by atoms with Gasteiger partial charge in [-0.25, -0.2) is 0 Å². The van der Waals surface area contributed by atoms with E-state index in [0.29, 0.717) is 23.4 Å². The second-order valence-corrected chi connectivity index (χ2v) is 13.6. The third kappa shape index (κ3) is 4.44. The number of furan rings is 1. The Morgan fingerprint density at radius 1 is 0.946 bits per heavy atom. The van der Waals surface area contributed by atoms with Crippen molar-refractivity contribution >= 4 is 0 Å². The van der Waals surface area contributed by atoms with Crippen molar-refractivity contribution in [3.8, 4) is 0 Å². The number of ether oxygens (including phenoxy) is 3. The molecule has 1 aliphatic heterocycles. The highest BCUT2D eigenvalue weighted by molar-refractivity contribution is 5.27. The lowest BCUT2D eigenvalue weighted by atomic mass is 9.43. The largest absolute Gasteiger partial charge is 0.472 e. The molecule has 0 aromatic carbocycles. The molecule has 1 saturated heterocycles. The minimum Gasteiger partial charge on any atom is -0.472 e. The molecule has 1 aromatic heterocycles. The van der Waals surface area contributed by atoms with Gasteiger partial charge in [-0.1, -0.05) is 13.8 Å². The van der Waals surface area contributed by atoms with Crippen molar-refractivity contribution in [2.24, 2.45) is 28.6 Å². The van der Waals surface area contributed by atoms with Gasteiger partial charge in [-0.15, -0.1) is 0 Å². The smallest absolute Gasteiger partial charge is 0.0937 e. The first-order valence-corrected chi connectivity index (χ1v) is 15.5. The van der Waals surface area contributed by atoms with Crippen molar-refractivity contribution in [1.82, 2.24) is 4.90 Å². The lowest BCUT2D eigenvalue weighted by molar-refractivity contribution is -0.220. The standard InChI is InChI=1S/C32H51NO4/c1-30-12-8-26(37-21-20-35-19-17-33-15-4-5-16-33)22-25(30)6-7-29-28(30)9-13-31(2)27(24-11-18-36-23-24)10-14-32(29,31)34-3/h11,18,23,25-29H,4-10,12-17,19-22H2,1-3H3/t25?,26?,27?,28-,29-,30+,31-,32-/m1/s1. The van der Waals surface area contributed by atoms with Crippen LogP contribution in [0.3, 0.4) is 0 Å². The van der Waals surface area contributed by atoms with Gasteiger partial charge in [-0.2, -0.15) is 0 Å². The van der Waals surface area contributed by atoms with Gasteiger partial charge in [0.25, 0.3) is 0 Å². The maximum absolute atomic E-state index is 6.69. The molecule has 0 bridgehead atoms. The second-order valence-electron chi connectivity index (χ2n) is 13.6. The molecular formula is C32H51NO4. The maximum atomic E-state index is 6.69. The van der Waals surface area contributed by atoms with Crippen molar-refractivity contribution in [2.45, 2.75) is 102 Å². The molecule has 3 unspecified atom stereocenters. The molecule has 208 valence electrons. The van der Waals surface area contributed by atoms with E-state index in [2.05, 4.69) is 24.8 Å². The van der Waals surface area contributed by atoms with E-state index < -0.39 is 0 Å². The summed E-state index contributed by atoms with van der Waals surface area (Å²) in [7, 11) is 2.02. The van der Waals surface area contributed by atoms with Crippen LogP contribution in [0.25, 0.3) is 0 Å². The highest BCUT2D eigenvalue weighted by Crippen LogP contribution is 2.71. The van der Waals surface area contributed by atoms with E-state index in [1.165, 1.54) is 89.3 Å². The Hall–Kier alpha value is -0.880. The van der Waals surface area contributed by atoms with E-state index in [9.17, 15) is 0 Å². The number of likely N-dealkylation sites (tertiary alicyclic amines) is 1. The molecule has 5 aliphatic rings. The SMILES string of the molecule is CO[C@@]12CCC(c3ccoc3)[C@@]1(C)CC[C@@H]1[C@H]2CCC2CC(OCCOCCN3CCCC3)CC[C@@]21C. The Labute approximate surface area is 225 Å². The van der Waals surface area contributed by atoms with Crippen LogP contribution in [0.2, 0.25) is 0 Å². The highest BCUT2D eigenvalue weighted by atomic mass is 16.5. The molecule has 37 heavy (non-hydrogen) atoms. The fraction of sp³-hybridized carbons (Fsp3) is 0.875. The molecule has 5 fully saturated rings. The van der Waals surface area contributed by atoms with Crippen molar-refractivity contribution in [3.63, 3.8) is 0 Å². The van der Waals surface area contributed by atoms with E-state index in [1.54, 1.807) is 0 Å². The molecule has 0 radical (unpaired) electrons. The molecule has 2 heterocycles. The van der Waals surface area contributed by atoms with Gasteiger partial charge in [0, 0.05) is 19.1 Å². The molecule has 0 amide bonds. The van der Waals surface area contributed by atoms with Crippen LogP contribution in [0.4, 0.5) is 0 Å². The van der Waals surface area contributed by atoms with Gasteiger partial charge >= 0.3 is 0 Å². The van der Waals surface area contributed by atoms with Crippen molar-refractivity contribution in [1.29, 1.82) is 0 Å². The minimum absolute atomic E-state index is 0.00555. The average Bonchev–Trinajstić information content (AvgIpc) is 3.66. The van der Waals surface area contributed by atoms with E-state index >= 15 is 0 Å². The first kappa shape index (κ1) is 26.3. The summed E-state index contributed by atoms with van der Waals surface area (Å²) in [5, 5.41) is 0. The predicted octanol–water partition coefficient (Wildman–Crippen LogP) is 6.67. The molecule has 5 nitrogen and oxygen atoms in total. The van der Waals surface area contributed by atoms with Crippen molar-refractivity contribution in [2.75, 3.05) is 46.6 Å². The molecule has 8 atom stereocenters. The number of rotatable bonds is 9. The quantitative estimate of drug-likeness (QED) is 0.345. The van der Waals surface area contributed by atoms with Gasteiger partial charge < -0.3 is 23.5 Å². The van der Waals surface area contributed by atoms with Gasteiger partial charge in [0.1, 0.15) is 0 Å². The van der Waals surface area contributed by atoms with Crippen LogP contribution in [0.1, 0.15) is 96.0 Å². The molecule has 4 saturated carbocycles. The van der Waals surface area contributed by atoms with Gasteiger partial charge in [0.15, 0.2) is 0 Å². The zero-order chi connectivity index (χ0) is 25.5. The topological polar surface area (TPSA) is 44.1 Å². The molecule has 5 heteroatoms. The van der Waals surface area contributed by atoms with Crippen LogP contribution in [-0.2, 0) is 14.2 Å². The molecule has 0 spiro atoms. The van der Waals surface area contributed by atoms with Gasteiger partial charge in [0.05, 0.1) is 44.1 Å². The fourth-order valence-electron chi connectivity index (χ4n) is 10.4. The van der Waals surface area contributed by atoms with Crippen LogP contribution in [0.5, 0.6) is 0 Å². The van der Waals surface area contributed by atoms with Crippen molar-refractivity contribution < 1.29 is 18.6 Å². The first-order chi connectivity index (χ1) is 18.0. The van der Waals surface area contributed by atoms with Crippen LogP contribution in [0.15, 0.2) is 23.0 Å². The van der Waals surface area contributed by atoms with Crippen LogP contribution >= 0.6 is 0 Å². The summed E-state index contributed by atoms with van der Waals surface area (Å²) in [5.41, 5.74) is 2.02. The molecule has 1 aromatic rings. The third-order valence-corrected chi connectivity index (χ3v) is 12.4. The van der Waals surface area contributed by atoms with Crippen LogP contribution < -0.4 is 0 Å². The summed E-state index contributed by atoms with van der Waals surface area (Å²) in [6, 6.07) is 2.20. The lowest BCUT2D eigenvalue weighted by Gasteiger charge is -2.64. The van der Waals surface area contributed by atoms with Crippen LogP contribution in [0, 0.1) is 28.6 Å². The number of hydrogen-bond donors (Lipinski definition) is 0. The number of hydrogen-bond acceptors (Lipinski definition) is 5. The van der Waals surface area contributed by atoms with E-state index in [-0.39, 0.29) is 11.0 Å². The number of nitrogens with zero attached hydrogens (tertiary/aromatic N) is 1. The molecule has 4 aliphatic carbocycles. The summed E-state index contributed by atoms with van der Waals surface area (Å²) in [6.45, 7) is 11.1. The number of fused-ring (bicyclic) bond motifs is 5. The Balaban J connectivity index is 1.05. The summed E-state index contributed by atoms with van der Waals surface area (Å²) < 4.78 is 24.5. The minimum atomic E-state index is 0.00555. The van der Waals surface area contributed by atoms with E-state index in [0.717, 1.165) is 38.2 Å². The van der Waals surface area contributed by atoms with E-state index in [1.807, 2.05) is 19.6 Å². The zero-order valence-corrected chi connectivity index (χ0v) is 23.7. The van der Waals surface area contributed by atoms with E-state index in [4.69, 9.17) is 18.6 Å². The Bertz CT molecular complexity index is 883. The fourth-order valence-corrected chi connectivity index (χ4v) is 10.4. The summed E-state index contributed by atoms with van der Waals surface area (Å²) >= 11 is 0. The molecule has 0 N–H and O–H groups in total. The van der Waals surface area contributed by atoms with Crippen LogP contribution in [-0.4, -0.2) is 63.2 Å². The highest BCUT2D eigenvalue weighted by Gasteiger charge is 2.68. The van der Waals surface area contributed by atoms with Gasteiger partial charge in [0.2, 0.25) is 0 Å². The summed E-state index contributed by atoms with van der Waals surface area (Å²) in [6.07, 6.45) is 18.4. The monoisotopic (exact) mass is 513 g/mol. The Morgan fingerprint density at radius 3 is 2.59 bits per heavy atom. The third-order valence-electron chi connectivity index (χ3n) is 12.4. The number of methoxy groups -OCH3 is 1. The Kier molecular flexibility index (Phi) is 7.54. The Morgan fingerprint density at radius 2 is 1.81 bits per heavy atom. The first-order valence-electron chi connectivity index (χ1n) is 15.5. The zero-order valence-electron chi connectivity index (χ0n) is 23.7. The summed E-state index contributed by atoms with van der Waals surface area (Å²) in [5.74, 6) is 2.79.